The van der Waals surface area contributed by atoms with Gasteiger partial charge in [-0.05, 0) is 41.5 Å². The summed E-state index contributed by atoms with van der Waals surface area (Å²) in [4.78, 5) is 11.7. The van der Waals surface area contributed by atoms with Gasteiger partial charge in [-0.1, -0.05) is 24.3 Å². The van der Waals surface area contributed by atoms with Crippen LogP contribution in [0.4, 0.5) is 5.69 Å². The van der Waals surface area contributed by atoms with E-state index >= 15 is 0 Å². The third-order valence-electron chi connectivity index (χ3n) is 2.77. The van der Waals surface area contributed by atoms with Crippen LogP contribution >= 0.6 is 0 Å². The third kappa shape index (κ3) is 4.17. The topological polar surface area (TPSA) is 75.4 Å². The molecule has 0 bridgehead atoms. The van der Waals surface area contributed by atoms with Gasteiger partial charge in [0.1, 0.15) is 5.75 Å². The van der Waals surface area contributed by atoms with E-state index in [1.165, 1.54) is 6.08 Å². The number of benzene rings is 2. The van der Waals surface area contributed by atoms with Crippen LogP contribution in [-0.4, -0.2) is 11.0 Å². The molecule has 4 heteroatoms. The van der Waals surface area contributed by atoms with E-state index in [1.807, 2.05) is 12.1 Å². The molecule has 0 unspecified atom stereocenters. The van der Waals surface area contributed by atoms with Crippen molar-refractivity contribution in [3.8, 4) is 5.75 Å². The average molecular weight is 268 g/mol. The van der Waals surface area contributed by atoms with Crippen molar-refractivity contribution in [1.29, 1.82) is 0 Å². The predicted molar refractivity (Wildman–Crippen MR) is 79.8 cm³/mol. The molecule has 0 atom stereocenters. The number of amides is 1. The van der Waals surface area contributed by atoms with E-state index in [0.717, 1.165) is 11.1 Å². The van der Waals surface area contributed by atoms with Gasteiger partial charge in [0.15, 0.2) is 0 Å². The summed E-state index contributed by atoms with van der Waals surface area (Å²) < 4.78 is 0. The Morgan fingerprint density at radius 3 is 2.40 bits per heavy atom. The summed E-state index contributed by atoms with van der Waals surface area (Å²) in [7, 11) is 0. The first kappa shape index (κ1) is 13.7. The number of phenolic OH excluding ortho intramolecular Hbond substituents is 1. The van der Waals surface area contributed by atoms with E-state index in [1.54, 1.807) is 42.5 Å². The molecule has 2 aromatic carbocycles. The van der Waals surface area contributed by atoms with Gasteiger partial charge < -0.3 is 16.2 Å². The lowest BCUT2D eigenvalue weighted by molar-refractivity contribution is -0.116. The molecule has 20 heavy (non-hydrogen) atoms. The minimum Gasteiger partial charge on any atom is -0.508 e. The molecular formula is C16H16N2O2. The Bertz CT molecular complexity index is 601. The maximum absolute atomic E-state index is 11.7. The second-order valence-corrected chi connectivity index (χ2v) is 4.38. The average Bonchev–Trinajstić information content (AvgIpc) is 2.46. The van der Waals surface area contributed by atoms with E-state index in [9.17, 15) is 4.79 Å². The fourth-order valence-electron chi connectivity index (χ4n) is 1.64. The predicted octanol–water partition coefficient (Wildman–Crippen LogP) is 2.30. The van der Waals surface area contributed by atoms with Gasteiger partial charge in [-0.3, -0.25) is 4.79 Å². The molecule has 0 spiro atoms. The Morgan fingerprint density at radius 1 is 1.10 bits per heavy atom. The smallest absolute Gasteiger partial charge is 0.244 e. The Labute approximate surface area is 117 Å². The van der Waals surface area contributed by atoms with E-state index in [0.29, 0.717) is 12.2 Å². The molecule has 102 valence electrons. The first-order valence-electron chi connectivity index (χ1n) is 6.23. The van der Waals surface area contributed by atoms with Crippen molar-refractivity contribution in [2.45, 2.75) is 6.54 Å². The number of nitrogens with two attached hydrogens (primary N) is 1. The second-order valence-electron chi connectivity index (χ2n) is 4.38. The highest BCUT2D eigenvalue weighted by Gasteiger charge is 1.97. The fourth-order valence-corrected chi connectivity index (χ4v) is 1.64. The molecule has 0 aliphatic carbocycles. The van der Waals surface area contributed by atoms with Crippen LogP contribution in [0.2, 0.25) is 0 Å². The largest absolute Gasteiger partial charge is 0.508 e. The molecule has 0 fully saturated rings. The van der Waals surface area contributed by atoms with Crippen molar-refractivity contribution in [3.05, 3.63) is 65.7 Å². The van der Waals surface area contributed by atoms with Gasteiger partial charge in [0.25, 0.3) is 0 Å². The summed E-state index contributed by atoms with van der Waals surface area (Å²) >= 11 is 0. The molecule has 2 rings (SSSR count). The third-order valence-corrected chi connectivity index (χ3v) is 2.77. The Morgan fingerprint density at radius 2 is 1.75 bits per heavy atom. The Kier molecular flexibility index (Phi) is 4.39. The van der Waals surface area contributed by atoms with Crippen LogP contribution in [0.25, 0.3) is 6.08 Å². The lowest BCUT2D eigenvalue weighted by Crippen LogP contribution is -2.20. The van der Waals surface area contributed by atoms with Crippen LogP contribution in [0, 0.1) is 0 Å². The number of carbonyl (C=O) groups excluding carboxylic acids is 1. The number of anilines is 1. The Hall–Kier alpha value is -2.75. The van der Waals surface area contributed by atoms with Crippen molar-refractivity contribution >= 4 is 17.7 Å². The maximum Gasteiger partial charge on any atom is 0.244 e. The molecule has 0 aliphatic heterocycles. The highest BCUT2D eigenvalue weighted by molar-refractivity contribution is 5.91. The SMILES string of the molecule is Nc1ccc(/C=C/C(=O)NCc2ccc(O)cc2)cc1. The molecule has 0 aromatic heterocycles. The van der Waals surface area contributed by atoms with Gasteiger partial charge in [-0.2, -0.15) is 0 Å². The number of nitrogen functional groups attached to an aromatic ring is 1. The van der Waals surface area contributed by atoms with Crippen LogP contribution < -0.4 is 11.1 Å². The van der Waals surface area contributed by atoms with Gasteiger partial charge >= 0.3 is 0 Å². The zero-order valence-electron chi connectivity index (χ0n) is 10.9. The van der Waals surface area contributed by atoms with E-state index < -0.39 is 0 Å². The van der Waals surface area contributed by atoms with Gasteiger partial charge in [0, 0.05) is 18.3 Å². The lowest BCUT2D eigenvalue weighted by atomic mass is 10.2. The van der Waals surface area contributed by atoms with Crippen molar-refractivity contribution in [3.63, 3.8) is 0 Å². The molecule has 1 amide bonds. The summed E-state index contributed by atoms with van der Waals surface area (Å²) in [5, 5.41) is 11.9. The van der Waals surface area contributed by atoms with E-state index in [4.69, 9.17) is 10.8 Å². The summed E-state index contributed by atoms with van der Waals surface area (Å²) in [6, 6.07) is 14.0. The maximum atomic E-state index is 11.7. The highest BCUT2D eigenvalue weighted by atomic mass is 16.3. The molecule has 0 aliphatic rings. The molecule has 0 heterocycles. The Balaban J connectivity index is 1.86. The number of carbonyl (C=O) groups is 1. The van der Waals surface area contributed by atoms with Crippen molar-refractivity contribution in [2.75, 3.05) is 5.73 Å². The van der Waals surface area contributed by atoms with Crippen molar-refractivity contribution < 1.29 is 9.90 Å². The first-order chi connectivity index (χ1) is 9.63. The monoisotopic (exact) mass is 268 g/mol. The standard InChI is InChI=1S/C16H16N2O2/c17-14-6-1-12(2-7-14)5-10-16(20)18-11-13-3-8-15(19)9-4-13/h1-10,19H,11,17H2,(H,18,20)/b10-5+. The van der Waals surface area contributed by atoms with Gasteiger partial charge in [0.2, 0.25) is 5.91 Å². The van der Waals surface area contributed by atoms with Crippen LogP contribution in [0.1, 0.15) is 11.1 Å². The van der Waals surface area contributed by atoms with Crippen molar-refractivity contribution in [1.82, 2.24) is 5.32 Å². The summed E-state index contributed by atoms with van der Waals surface area (Å²) in [5.74, 6) is 0.0400. The summed E-state index contributed by atoms with van der Waals surface area (Å²) in [5.41, 5.74) is 8.12. The van der Waals surface area contributed by atoms with Crippen LogP contribution in [0.3, 0.4) is 0 Å². The molecule has 0 saturated heterocycles. The van der Waals surface area contributed by atoms with Gasteiger partial charge in [-0.15, -0.1) is 0 Å². The number of rotatable bonds is 4. The van der Waals surface area contributed by atoms with E-state index in [-0.39, 0.29) is 11.7 Å². The molecule has 2 aromatic rings. The van der Waals surface area contributed by atoms with Crippen LogP contribution in [0.5, 0.6) is 5.75 Å². The molecule has 0 radical (unpaired) electrons. The summed E-state index contributed by atoms with van der Waals surface area (Å²) in [6.07, 6.45) is 3.21. The highest BCUT2D eigenvalue weighted by Crippen LogP contribution is 2.09. The molecule has 4 nitrogen and oxygen atoms in total. The molecule has 0 saturated carbocycles. The van der Waals surface area contributed by atoms with Gasteiger partial charge in [-0.25, -0.2) is 0 Å². The molecular weight excluding hydrogens is 252 g/mol. The zero-order valence-corrected chi connectivity index (χ0v) is 10.9. The summed E-state index contributed by atoms with van der Waals surface area (Å²) in [6.45, 7) is 0.422. The van der Waals surface area contributed by atoms with Crippen molar-refractivity contribution in [2.24, 2.45) is 0 Å². The number of phenols is 1. The van der Waals surface area contributed by atoms with E-state index in [2.05, 4.69) is 5.32 Å². The number of hydrogen-bond acceptors (Lipinski definition) is 3. The second kappa shape index (κ2) is 6.43. The van der Waals surface area contributed by atoms with Crippen LogP contribution in [0.15, 0.2) is 54.6 Å². The quantitative estimate of drug-likeness (QED) is 0.588. The molecule has 4 N–H and O–H groups in total. The fraction of sp³-hybridized carbons (Fsp3) is 0.0625. The minimum absolute atomic E-state index is 0.171. The minimum atomic E-state index is -0.171. The number of hydrogen-bond donors (Lipinski definition) is 3. The van der Waals surface area contributed by atoms with Crippen LogP contribution in [-0.2, 0) is 11.3 Å². The lowest BCUT2D eigenvalue weighted by Gasteiger charge is -2.02. The van der Waals surface area contributed by atoms with Gasteiger partial charge in [0.05, 0.1) is 0 Å². The number of nitrogens with one attached hydrogen (secondary N) is 1. The zero-order chi connectivity index (χ0) is 14.4. The number of aromatic hydroxyl groups is 1. The normalized spacial score (nSPS) is 10.6. The first-order valence-corrected chi connectivity index (χ1v) is 6.23.